The Labute approximate surface area is 119 Å². The molecule has 1 heterocycles. The molecule has 0 radical (unpaired) electrons. The molecule has 100 valence electrons. The number of benzene rings is 1. The summed E-state index contributed by atoms with van der Waals surface area (Å²) in [4.78, 5) is 11.7. The van der Waals surface area contributed by atoms with Crippen LogP contribution in [0.1, 0.15) is 19.3 Å². The predicted octanol–water partition coefficient (Wildman–Crippen LogP) is 3.09. The lowest BCUT2D eigenvalue weighted by Crippen LogP contribution is -2.14. The highest BCUT2D eigenvalue weighted by molar-refractivity contribution is 6.30. The highest BCUT2D eigenvalue weighted by Gasteiger charge is 2.15. The van der Waals surface area contributed by atoms with E-state index >= 15 is 0 Å². The van der Waals surface area contributed by atoms with Gasteiger partial charge in [0.15, 0.2) is 0 Å². The van der Waals surface area contributed by atoms with Crippen molar-refractivity contribution in [1.82, 2.24) is 5.32 Å². The standard InChI is InChI=1S/C13H17ClN2O.ClH/c14-11-2-4-12(5-3-11)16-13(17)6-1-10-7-8-15-9-10;/h2-5,10,15H,1,6-9H2,(H,16,17);1H. The molecule has 0 aromatic heterocycles. The van der Waals surface area contributed by atoms with E-state index in [1.165, 1.54) is 6.42 Å². The number of anilines is 1. The fourth-order valence-corrected chi connectivity index (χ4v) is 2.18. The van der Waals surface area contributed by atoms with Crippen LogP contribution in [0, 0.1) is 5.92 Å². The molecule has 5 heteroatoms. The lowest BCUT2D eigenvalue weighted by molar-refractivity contribution is -0.116. The molecule has 18 heavy (non-hydrogen) atoms. The summed E-state index contributed by atoms with van der Waals surface area (Å²) in [7, 11) is 0. The van der Waals surface area contributed by atoms with Crippen LogP contribution in [0.3, 0.4) is 0 Å². The van der Waals surface area contributed by atoms with E-state index < -0.39 is 0 Å². The minimum absolute atomic E-state index is 0. The summed E-state index contributed by atoms with van der Waals surface area (Å²) in [6.07, 6.45) is 2.75. The van der Waals surface area contributed by atoms with Crippen LogP contribution in [0.4, 0.5) is 5.69 Å². The van der Waals surface area contributed by atoms with Gasteiger partial charge in [0.05, 0.1) is 0 Å². The fraction of sp³-hybridized carbons (Fsp3) is 0.462. The molecule has 2 rings (SSSR count). The van der Waals surface area contributed by atoms with Crippen LogP contribution in [0.2, 0.25) is 5.02 Å². The summed E-state index contributed by atoms with van der Waals surface area (Å²) >= 11 is 5.78. The average molecular weight is 289 g/mol. The molecule has 0 bridgehead atoms. The average Bonchev–Trinajstić information content (AvgIpc) is 2.83. The van der Waals surface area contributed by atoms with E-state index in [-0.39, 0.29) is 18.3 Å². The van der Waals surface area contributed by atoms with Crippen molar-refractivity contribution in [2.75, 3.05) is 18.4 Å². The number of hydrogen-bond acceptors (Lipinski definition) is 2. The first kappa shape index (κ1) is 15.3. The minimum atomic E-state index is 0. The molecule has 1 fully saturated rings. The van der Waals surface area contributed by atoms with Crippen LogP contribution < -0.4 is 10.6 Å². The zero-order chi connectivity index (χ0) is 12.1. The molecular weight excluding hydrogens is 271 g/mol. The van der Waals surface area contributed by atoms with Crippen LogP contribution in [0.15, 0.2) is 24.3 Å². The molecule has 0 aliphatic carbocycles. The van der Waals surface area contributed by atoms with Crippen molar-refractivity contribution in [3.8, 4) is 0 Å². The van der Waals surface area contributed by atoms with E-state index in [0.717, 1.165) is 25.2 Å². The van der Waals surface area contributed by atoms with Gasteiger partial charge >= 0.3 is 0 Å². The Hall–Kier alpha value is -0.770. The van der Waals surface area contributed by atoms with Crippen molar-refractivity contribution < 1.29 is 4.79 Å². The van der Waals surface area contributed by atoms with Gasteiger partial charge in [-0.1, -0.05) is 11.6 Å². The van der Waals surface area contributed by atoms with E-state index in [9.17, 15) is 4.79 Å². The van der Waals surface area contributed by atoms with E-state index in [4.69, 9.17) is 11.6 Å². The normalized spacial score (nSPS) is 18.2. The Morgan fingerprint density at radius 2 is 2.11 bits per heavy atom. The molecule has 0 saturated carbocycles. The van der Waals surface area contributed by atoms with Gasteiger partial charge in [-0.2, -0.15) is 0 Å². The largest absolute Gasteiger partial charge is 0.326 e. The lowest BCUT2D eigenvalue weighted by Gasteiger charge is -2.08. The number of hydrogen-bond donors (Lipinski definition) is 2. The molecule has 3 nitrogen and oxygen atoms in total. The quantitative estimate of drug-likeness (QED) is 0.894. The smallest absolute Gasteiger partial charge is 0.224 e. The van der Waals surface area contributed by atoms with Gasteiger partial charge in [-0.25, -0.2) is 0 Å². The molecule has 1 saturated heterocycles. The van der Waals surface area contributed by atoms with Crippen molar-refractivity contribution in [2.45, 2.75) is 19.3 Å². The van der Waals surface area contributed by atoms with Gasteiger partial charge in [0.1, 0.15) is 0 Å². The molecule has 2 N–H and O–H groups in total. The molecule has 1 amide bonds. The van der Waals surface area contributed by atoms with E-state index in [0.29, 0.717) is 17.4 Å². The van der Waals surface area contributed by atoms with Crippen molar-refractivity contribution in [1.29, 1.82) is 0 Å². The first-order valence-corrected chi connectivity index (χ1v) is 6.38. The number of carbonyl (C=O) groups is 1. The highest BCUT2D eigenvalue weighted by Crippen LogP contribution is 2.16. The Bertz CT molecular complexity index is 375. The Morgan fingerprint density at radius 1 is 1.39 bits per heavy atom. The van der Waals surface area contributed by atoms with Crippen molar-refractivity contribution in [3.63, 3.8) is 0 Å². The van der Waals surface area contributed by atoms with Gasteiger partial charge in [-0.3, -0.25) is 4.79 Å². The Morgan fingerprint density at radius 3 is 2.72 bits per heavy atom. The maximum atomic E-state index is 11.7. The lowest BCUT2D eigenvalue weighted by atomic mass is 10.0. The first-order valence-electron chi connectivity index (χ1n) is 6.00. The molecule has 1 aliphatic rings. The summed E-state index contributed by atoms with van der Waals surface area (Å²) in [5.41, 5.74) is 0.809. The third-order valence-electron chi connectivity index (χ3n) is 3.07. The van der Waals surface area contributed by atoms with E-state index in [1.54, 1.807) is 12.1 Å². The molecule has 1 aromatic carbocycles. The SMILES string of the molecule is Cl.O=C(CCC1CCNC1)Nc1ccc(Cl)cc1. The number of nitrogens with one attached hydrogen (secondary N) is 2. The summed E-state index contributed by atoms with van der Waals surface area (Å²) in [5, 5.41) is 6.86. The molecule has 1 atom stereocenters. The summed E-state index contributed by atoms with van der Waals surface area (Å²) in [6.45, 7) is 2.14. The van der Waals surface area contributed by atoms with Gasteiger partial charge in [0, 0.05) is 17.1 Å². The molecule has 1 aliphatic heterocycles. The van der Waals surface area contributed by atoms with Gasteiger partial charge in [-0.15, -0.1) is 12.4 Å². The third-order valence-corrected chi connectivity index (χ3v) is 3.32. The monoisotopic (exact) mass is 288 g/mol. The number of halogens is 2. The van der Waals surface area contributed by atoms with Crippen molar-refractivity contribution in [3.05, 3.63) is 29.3 Å². The molecule has 0 spiro atoms. The van der Waals surface area contributed by atoms with Crippen LogP contribution in [0.25, 0.3) is 0 Å². The molecule has 1 unspecified atom stereocenters. The van der Waals surface area contributed by atoms with Crippen molar-refractivity contribution >= 4 is 35.6 Å². The van der Waals surface area contributed by atoms with Gasteiger partial charge < -0.3 is 10.6 Å². The predicted molar refractivity (Wildman–Crippen MR) is 77.5 cm³/mol. The maximum absolute atomic E-state index is 11.7. The summed E-state index contributed by atoms with van der Waals surface area (Å²) < 4.78 is 0. The second-order valence-electron chi connectivity index (χ2n) is 4.45. The fourth-order valence-electron chi connectivity index (χ4n) is 2.05. The van der Waals surface area contributed by atoms with E-state index in [1.807, 2.05) is 12.1 Å². The van der Waals surface area contributed by atoms with Gasteiger partial charge in [-0.05, 0) is 56.1 Å². The Kier molecular flexibility index (Phi) is 6.47. The van der Waals surface area contributed by atoms with Crippen LogP contribution in [-0.2, 0) is 4.79 Å². The molecular formula is C13H18Cl2N2O. The van der Waals surface area contributed by atoms with E-state index in [2.05, 4.69) is 10.6 Å². The zero-order valence-electron chi connectivity index (χ0n) is 10.1. The van der Waals surface area contributed by atoms with Crippen molar-refractivity contribution in [2.24, 2.45) is 5.92 Å². The maximum Gasteiger partial charge on any atom is 0.224 e. The summed E-state index contributed by atoms with van der Waals surface area (Å²) in [6, 6.07) is 7.19. The summed E-state index contributed by atoms with van der Waals surface area (Å²) in [5.74, 6) is 0.741. The minimum Gasteiger partial charge on any atom is -0.326 e. The Balaban J connectivity index is 0.00000162. The topological polar surface area (TPSA) is 41.1 Å². The van der Waals surface area contributed by atoms with Crippen LogP contribution >= 0.6 is 24.0 Å². The third kappa shape index (κ3) is 4.84. The second kappa shape index (κ2) is 7.62. The number of carbonyl (C=O) groups excluding carboxylic acids is 1. The van der Waals surface area contributed by atoms with Crippen LogP contribution in [0.5, 0.6) is 0 Å². The van der Waals surface area contributed by atoms with Gasteiger partial charge in [0.25, 0.3) is 0 Å². The number of amides is 1. The van der Waals surface area contributed by atoms with Crippen LogP contribution in [-0.4, -0.2) is 19.0 Å². The second-order valence-corrected chi connectivity index (χ2v) is 4.89. The van der Waals surface area contributed by atoms with Gasteiger partial charge in [0.2, 0.25) is 5.91 Å². The zero-order valence-corrected chi connectivity index (χ0v) is 11.7. The molecule has 1 aromatic rings. The highest BCUT2D eigenvalue weighted by atomic mass is 35.5. The first-order chi connectivity index (χ1) is 8.24. The number of rotatable bonds is 4.